The number of nitrogens with zero attached hydrogens (tertiary/aromatic N) is 2. The standard InChI is InChI=1S/C23H29N3O4S/c1-19(23(27)24-2)30-21-10-12-22(13-11-21)31(28,29)26-17-15-25(16-18-26)14-6-9-20-7-4-3-5-8-20/h3-13,19H,14-18H2,1-2H3,(H,24,27)/b9-6+/t19-/m0/s1. The second kappa shape index (κ2) is 10.6. The molecule has 0 radical (unpaired) electrons. The first-order valence-corrected chi connectivity index (χ1v) is 11.8. The summed E-state index contributed by atoms with van der Waals surface area (Å²) in [5.41, 5.74) is 1.15. The third kappa shape index (κ3) is 6.16. The predicted octanol–water partition coefficient (Wildman–Crippen LogP) is 2.22. The molecule has 0 unspecified atom stereocenters. The van der Waals surface area contributed by atoms with E-state index < -0.39 is 16.1 Å². The Bertz CT molecular complexity index is 983. The van der Waals surface area contributed by atoms with Gasteiger partial charge in [0.25, 0.3) is 5.91 Å². The van der Waals surface area contributed by atoms with Crippen LogP contribution in [-0.2, 0) is 14.8 Å². The molecule has 2 aromatic carbocycles. The molecule has 1 saturated heterocycles. The van der Waals surface area contributed by atoms with Crippen LogP contribution in [0.5, 0.6) is 5.75 Å². The van der Waals surface area contributed by atoms with Crippen LogP contribution in [0.1, 0.15) is 12.5 Å². The Kier molecular flexibility index (Phi) is 7.84. The highest BCUT2D eigenvalue weighted by molar-refractivity contribution is 7.89. The molecular formula is C23H29N3O4S. The van der Waals surface area contributed by atoms with Crippen molar-refractivity contribution >= 4 is 22.0 Å². The lowest BCUT2D eigenvalue weighted by Gasteiger charge is -2.33. The number of carbonyl (C=O) groups is 1. The molecule has 3 rings (SSSR count). The number of hydrogen-bond acceptors (Lipinski definition) is 5. The molecule has 1 aliphatic rings. The molecule has 1 heterocycles. The quantitative estimate of drug-likeness (QED) is 0.677. The number of amides is 1. The molecule has 1 aliphatic heterocycles. The van der Waals surface area contributed by atoms with Gasteiger partial charge < -0.3 is 10.1 Å². The summed E-state index contributed by atoms with van der Waals surface area (Å²) in [5.74, 6) is 0.207. The zero-order valence-corrected chi connectivity index (χ0v) is 18.7. The van der Waals surface area contributed by atoms with E-state index >= 15 is 0 Å². The summed E-state index contributed by atoms with van der Waals surface area (Å²) in [4.78, 5) is 14.0. The Morgan fingerprint density at radius 2 is 1.71 bits per heavy atom. The van der Waals surface area contributed by atoms with Gasteiger partial charge in [0, 0.05) is 39.8 Å². The zero-order chi connectivity index (χ0) is 22.3. The van der Waals surface area contributed by atoms with E-state index in [-0.39, 0.29) is 10.8 Å². The number of rotatable bonds is 8. The largest absolute Gasteiger partial charge is 0.481 e. The minimum absolute atomic E-state index is 0.227. The van der Waals surface area contributed by atoms with Crippen molar-refractivity contribution < 1.29 is 17.9 Å². The number of carbonyl (C=O) groups excluding carboxylic acids is 1. The predicted molar refractivity (Wildman–Crippen MR) is 121 cm³/mol. The average Bonchev–Trinajstić information content (AvgIpc) is 2.80. The molecule has 0 saturated carbocycles. The zero-order valence-electron chi connectivity index (χ0n) is 17.9. The fourth-order valence-corrected chi connectivity index (χ4v) is 4.78. The summed E-state index contributed by atoms with van der Waals surface area (Å²) >= 11 is 0. The number of likely N-dealkylation sites (N-methyl/N-ethyl adjacent to an activating group) is 1. The monoisotopic (exact) mass is 443 g/mol. The van der Waals surface area contributed by atoms with Crippen molar-refractivity contribution in [2.24, 2.45) is 0 Å². The van der Waals surface area contributed by atoms with Gasteiger partial charge in [-0.1, -0.05) is 42.5 Å². The van der Waals surface area contributed by atoms with Crippen LogP contribution < -0.4 is 10.1 Å². The maximum Gasteiger partial charge on any atom is 0.260 e. The summed E-state index contributed by atoms with van der Waals surface area (Å²) in [6, 6.07) is 16.3. The highest BCUT2D eigenvalue weighted by Crippen LogP contribution is 2.21. The number of ether oxygens (including phenoxy) is 1. The third-order valence-electron chi connectivity index (χ3n) is 5.19. The highest BCUT2D eigenvalue weighted by atomic mass is 32.2. The fraction of sp³-hybridized carbons (Fsp3) is 0.348. The Balaban J connectivity index is 1.53. The first-order chi connectivity index (χ1) is 14.9. The van der Waals surface area contributed by atoms with Crippen molar-refractivity contribution in [3.05, 3.63) is 66.2 Å². The molecule has 31 heavy (non-hydrogen) atoms. The van der Waals surface area contributed by atoms with Gasteiger partial charge in [0.1, 0.15) is 5.75 Å². The molecule has 1 N–H and O–H groups in total. The van der Waals surface area contributed by atoms with E-state index in [1.54, 1.807) is 19.1 Å². The van der Waals surface area contributed by atoms with Gasteiger partial charge in [-0.25, -0.2) is 8.42 Å². The van der Waals surface area contributed by atoms with Gasteiger partial charge in [0.05, 0.1) is 4.90 Å². The van der Waals surface area contributed by atoms with Crippen LogP contribution in [0.2, 0.25) is 0 Å². The van der Waals surface area contributed by atoms with Crippen LogP contribution in [0.15, 0.2) is 65.6 Å². The first-order valence-electron chi connectivity index (χ1n) is 10.3. The molecule has 0 spiro atoms. The number of piperazine rings is 1. The van der Waals surface area contributed by atoms with Gasteiger partial charge >= 0.3 is 0 Å². The van der Waals surface area contributed by atoms with Crippen molar-refractivity contribution in [2.75, 3.05) is 39.8 Å². The van der Waals surface area contributed by atoms with Crippen LogP contribution in [-0.4, -0.2) is 69.4 Å². The van der Waals surface area contributed by atoms with Crippen molar-refractivity contribution in [1.82, 2.24) is 14.5 Å². The first kappa shape index (κ1) is 23.0. The van der Waals surface area contributed by atoms with Gasteiger partial charge in [-0.2, -0.15) is 4.31 Å². The van der Waals surface area contributed by atoms with E-state index in [0.717, 1.165) is 12.1 Å². The molecule has 0 aromatic heterocycles. The summed E-state index contributed by atoms with van der Waals surface area (Å²) in [7, 11) is -2.02. The molecular weight excluding hydrogens is 414 g/mol. The summed E-state index contributed by atoms with van der Waals surface area (Å²) < 4.78 is 33.0. The second-order valence-electron chi connectivity index (χ2n) is 7.36. The minimum Gasteiger partial charge on any atom is -0.481 e. The smallest absolute Gasteiger partial charge is 0.260 e. The second-order valence-corrected chi connectivity index (χ2v) is 9.30. The Morgan fingerprint density at radius 3 is 2.32 bits per heavy atom. The normalized spacial score (nSPS) is 16.8. The molecule has 1 atom stereocenters. The third-order valence-corrected chi connectivity index (χ3v) is 7.11. The Labute approximate surface area is 184 Å². The lowest BCUT2D eigenvalue weighted by atomic mass is 10.2. The van der Waals surface area contributed by atoms with E-state index in [1.165, 1.54) is 23.5 Å². The molecule has 0 bridgehead atoms. The van der Waals surface area contributed by atoms with Crippen LogP contribution >= 0.6 is 0 Å². The number of sulfonamides is 1. The van der Waals surface area contributed by atoms with Gasteiger partial charge in [-0.3, -0.25) is 9.69 Å². The molecule has 7 nitrogen and oxygen atoms in total. The van der Waals surface area contributed by atoms with Gasteiger partial charge in [0.15, 0.2) is 6.10 Å². The highest BCUT2D eigenvalue weighted by Gasteiger charge is 2.28. The number of nitrogens with one attached hydrogen (secondary N) is 1. The minimum atomic E-state index is -3.56. The Hall–Kier alpha value is -2.68. The lowest BCUT2D eigenvalue weighted by Crippen LogP contribution is -2.48. The number of benzene rings is 2. The van der Waals surface area contributed by atoms with Crippen LogP contribution in [0.3, 0.4) is 0 Å². The van der Waals surface area contributed by atoms with Gasteiger partial charge in [-0.05, 0) is 36.8 Å². The SMILES string of the molecule is CNC(=O)[C@H](C)Oc1ccc(S(=O)(=O)N2CCN(C/C=C/c3ccccc3)CC2)cc1. The molecule has 166 valence electrons. The van der Waals surface area contributed by atoms with E-state index in [9.17, 15) is 13.2 Å². The van der Waals surface area contributed by atoms with Crippen LogP contribution in [0, 0.1) is 0 Å². The van der Waals surface area contributed by atoms with E-state index in [1.807, 2.05) is 18.2 Å². The van der Waals surface area contributed by atoms with E-state index in [2.05, 4.69) is 34.5 Å². The van der Waals surface area contributed by atoms with Gasteiger partial charge in [-0.15, -0.1) is 0 Å². The lowest BCUT2D eigenvalue weighted by molar-refractivity contribution is -0.126. The summed E-state index contributed by atoms with van der Waals surface area (Å²) in [5, 5.41) is 2.51. The average molecular weight is 444 g/mol. The van der Waals surface area contributed by atoms with Crippen LogP contribution in [0.25, 0.3) is 6.08 Å². The topological polar surface area (TPSA) is 78.9 Å². The van der Waals surface area contributed by atoms with Crippen molar-refractivity contribution in [2.45, 2.75) is 17.9 Å². The summed E-state index contributed by atoms with van der Waals surface area (Å²) in [6.07, 6.45) is 3.53. The number of hydrogen-bond donors (Lipinski definition) is 1. The Morgan fingerprint density at radius 1 is 1.06 bits per heavy atom. The summed E-state index contributed by atoms with van der Waals surface area (Å²) in [6.45, 7) is 4.70. The molecule has 1 amide bonds. The molecule has 0 aliphatic carbocycles. The molecule has 2 aromatic rings. The maximum atomic E-state index is 13.0. The van der Waals surface area contributed by atoms with Crippen molar-refractivity contribution in [3.63, 3.8) is 0 Å². The van der Waals surface area contributed by atoms with Crippen molar-refractivity contribution in [3.8, 4) is 5.75 Å². The maximum absolute atomic E-state index is 13.0. The fourth-order valence-electron chi connectivity index (χ4n) is 3.35. The van der Waals surface area contributed by atoms with Gasteiger partial charge in [0.2, 0.25) is 10.0 Å². The van der Waals surface area contributed by atoms with E-state index in [0.29, 0.717) is 31.9 Å². The molecule has 8 heteroatoms. The van der Waals surface area contributed by atoms with E-state index in [4.69, 9.17) is 4.74 Å². The van der Waals surface area contributed by atoms with Crippen LogP contribution in [0.4, 0.5) is 0 Å². The molecule has 1 fully saturated rings. The van der Waals surface area contributed by atoms with Crippen molar-refractivity contribution in [1.29, 1.82) is 0 Å².